The third-order valence-corrected chi connectivity index (χ3v) is 2.35. The highest BCUT2D eigenvalue weighted by molar-refractivity contribution is 7.09. The molecular weight excluding hydrogens is 170 g/mol. The van der Waals surface area contributed by atoms with Crippen molar-refractivity contribution in [2.75, 3.05) is 6.54 Å². The summed E-state index contributed by atoms with van der Waals surface area (Å²) in [6, 6.07) is 0.512. The lowest BCUT2D eigenvalue weighted by Gasteiger charge is -2.10. The molecule has 3 nitrogen and oxygen atoms in total. The van der Waals surface area contributed by atoms with Gasteiger partial charge in [0.2, 0.25) is 0 Å². The second kappa shape index (κ2) is 5.22. The molecule has 68 valence electrons. The van der Waals surface area contributed by atoms with Gasteiger partial charge in [-0.05, 0) is 19.9 Å². The lowest BCUT2D eigenvalue weighted by Crippen LogP contribution is -2.28. The van der Waals surface area contributed by atoms with E-state index >= 15 is 0 Å². The van der Waals surface area contributed by atoms with Gasteiger partial charge in [-0.25, -0.2) is 0 Å². The van der Waals surface area contributed by atoms with Crippen molar-refractivity contribution in [3.63, 3.8) is 0 Å². The van der Waals surface area contributed by atoms with Gasteiger partial charge in [-0.3, -0.25) is 0 Å². The molecule has 0 saturated heterocycles. The van der Waals surface area contributed by atoms with Crippen molar-refractivity contribution in [3.05, 3.63) is 10.5 Å². The Kier molecular flexibility index (Phi) is 4.18. The van der Waals surface area contributed by atoms with E-state index in [1.54, 1.807) is 16.8 Å². The molecule has 1 atom stereocenters. The van der Waals surface area contributed by atoms with Gasteiger partial charge in [0.15, 0.2) is 0 Å². The molecular formula is C8H15N3S. The summed E-state index contributed by atoms with van der Waals surface area (Å²) in [5, 5.41) is 12.3. The SMILES string of the molecule is CCCNC(C)Cc1nncs1. The van der Waals surface area contributed by atoms with Gasteiger partial charge >= 0.3 is 0 Å². The summed E-state index contributed by atoms with van der Waals surface area (Å²) in [6.07, 6.45) is 2.17. The van der Waals surface area contributed by atoms with E-state index in [0.717, 1.165) is 18.0 Å². The van der Waals surface area contributed by atoms with Crippen LogP contribution >= 0.6 is 11.3 Å². The van der Waals surface area contributed by atoms with Gasteiger partial charge in [-0.2, -0.15) is 0 Å². The average Bonchev–Trinajstić information content (AvgIpc) is 2.53. The monoisotopic (exact) mass is 185 g/mol. The molecule has 0 aliphatic rings. The number of nitrogens with zero attached hydrogens (tertiary/aromatic N) is 2. The standard InChI is InChI=1S/C8H15N3S/c1-3-4-9-7(2)5-8-11-10-6-12-8/h6-7,9H,3-5H2,1-2H3. The van der Waals surface area contributed by atoms with E-state index in [0.29, 0.717) is 6.04 Å². The third kappa shape index (κ3) is 3.28. The Balaban J connectivity index is 2.22. The maximum absolute atomic E-state index is 3.99. The summed E-state index contributed by atoms with van der Waals surface area (Å²) in [4.78, 5) is 0. The van der Waals surface area contributed by atoms with E-state index < -0.39 is 0 Å². The summed E-state index contributed by atoms with van der Waals surface area (Å²) < 4.78 is 0. The molecule has 1 unspecified atom stereocenters. The predicted octanol–water partition coefficient (Wildman–Crippen LogP) is 1.47. The molecule has 1 heterocycles. The quantitative estimate of drug-likeness (QED) is 0.755. The lowest BCUT2D eigenvalue weighted by molar-refractivity contribution is 0.541. The molecule has 0 spiro atoms. The number of hydrogen-bond donors (Lipinski definition) is 1. The molecule has 0 amide bonds. The zero-order valence-corrected chi connectivity index (χ0v) is 8.40. The molecule has 0 saturated carbocycles. The normalized spacial score (nSPS) is 13.2. The summed E-state index contributed by atoms with van der Waals surface area (Å²) in [5.41, 5.74) is 1.78. The smallest absolute Gasteiger partial charge is 0.118 e. The topological polar surface area (TPSA) is 37.8 Å². The summed E-state index contributed by atoms with van der Waals surface area (Å²) in [5.74, 6) is 0. The molecule has 12 heavy (non-hydrogen) atoms. The Morgan fingerprint density at radius 1 is 1.67 bits per heavy atom. The second-order valence-electron chi connectivity index (χ2n) is 2.89. The second-order valence-corrected chi connectivity index (χ2v) is 3.81. The van der Waals surface area contributed by atoms with E-state index in [9.17, 15) is 0 Å². The zero-order chi connectivity index (χ0) is 8.81. The molecule has 1 aromatic heterocycles. The van der Waals surface area contributed by atoms with Crippen molar-refractivity contribution in [1.29, 1.82) is 0 Å². The van der Waals surface area contributed by atoms with Crippen LogP contribution in [0, 0.1) is 0 Å². The first-order valence-corrected chi connectivity index (χ1v) is 5.19. The Morgan fingerprint density at radius 2 is 2.50 bits per heavy atom. The highest BCUT2D eigenvalue weighted by Crippen LogP contribution is 2.04. The van der Waals surface area contributed by atoms with E-state index in [2.05, 4.69) is 29.4 Å². The van der Waals surface area contributed by atoms with Gasteiger partial charge in [0.1, 0.15) is 10.5 Å². The van der Waals surface area contributed by atoms with Crippen molar-refractivity contribution in [1.82, 2.24) is 15.5 Å². The highest BCUT2D eigenvalue weighted by Gasteiger charge is 2.03. The molecule has 4 heteroatoms. The van der Waals surface area contributed by atoms with Crippen molar-refractivity contribution in [2.24, 2.45) is 0 Å². The molecule has 0 fully saturated rings. The molecule has 0 aromatic carbocycles. The maximum Gasteiger partial charge on any atom is 0.118 e. The Hall–Kier alpha value is -0.480. The zero-order valence-electron chi connectivity index (χ0n) is 7.58. The molecule has 0 aliphatic carbocycles. The van der Waals surface area contributed by atoms with Gasteiger partial charge in [0.25, 0.3) is 0 Å². The minimum absolute atomic E-state index is 0.512. The molecule has 1 rings (SSSR count). The van der Waals surface area contributed by atoms with Gasteiger partial charge < -0.3 is 5.32 Å². The fourth-order valence-electron chi connectivity index (χ4n) is 1.01. The summed E-state index contributed by atoms with van der Waals surface area (Å²) in [7, 11) is 0. The largest absolute Gasteiger partial charge is 0.314 e. The van der Waals surface area contributed by atoms with Crippen LogP contribution in [0.1, 0.15) is 25.3 Å². The number of aromatic nitrogens is 2. The van der Waals surface area contributed by atoms with Crippen LogP contribution < -0.4 is 5.32 Å². The van der Waals surface area contributed by atoms with E-state index in [4.69, 9.17) is 0 Å². The van der Waals surface area contributed by atoms with Crippen LogP contribution in [0.4, 0.5) is 0 Å². The number of hydrogen-bond acceptors (Lipinski definition) is 4. The number of rotatable bonds is 5. The van der Waals surface area contributed by atoms with Gasteiger partial charge in [-0.15, -0.1) is 21.5 Å². The van der Waals surface area contributed by atoms with E-state index in [-0.39, 0.29) is 0 Å². The van der Waals surface area contributed by atoms with Gasteiger partial charge in [0, 0.05) is 12.5 Å². The van der Waals surface area contributed by atoms with Crippen LogP contribution in [0.5, 0.6) is 0 Å². The predicted molar refractivity (Wildman–Crippen MR) is 51.4 cm³/mol. The Morgan fingerprint density at radius 3 is 3.08 bits per heavy atom. The first kappa shape index (κ1) is 9.61. The maximum atomic E-state index is 3.99. The van der Waals surface area contributed by atoms with Crippen LogP contribution in [0.2, 0.25) is 0 Å². The first-order chi connectivity index (χ1) is 5.83. The molecule has 0 bridgehead atoms. The minimum Gasteiger partial charge on any atom is -0.314 e. The number of nitrogens with one attached hydrogen (secondary N) is 1. The fourth-order valence-corrected chi connectivity index (χ4v) is 1.67. The highest BCUT2D eigenvalue weighted by atomic mass is 32.1. The molecule has 1 N–H and O–H groups in total. The van der Waals surface area contributed by atoms with Crippen LogP contribution in [-0.2, 0) is 6.42 Å². The van der Waals surface area contributed by atoms with Gasteiger partial charge in [-0.1, -0.05) is 6.92 Å². The van der Waals surface area contributed by atoms with Crippen molar-refractivity contribution >= 4 is 11.3 Å². The first-order valence-electron chi connectivity index (χ1n) is 4.31. The third-order valence-electron chi connectivity index (χ3n) is 1.63. The average molecular weight is 185 g/mol. The van der Waals surface area contributed by atoms with Crippen LogP contribution in [0.3, 0.4) is 0 Å². The molecule has 1 aromatic rings. The van der Waals surface area contributed by atoms with Crippen LogP contribution in [0.25, 0.3) is 0 Å². The summed E-state index contributed by atoms with van der Waals surface area (Å²) in [6.45, 7) is 5.43. The van der Waals surface area contributed by atoms with Crippen molar-refractivity contribution in [2.45, 2.75) is 32.7 Å². The van der Waals surface area contributed by atoms with E-state index in [1.807, 2.05) is 0 Å². The fraction of sp³-hybridized carbons (Fsp3) is 0.750. The molecule has 0 radical (unpaired) electrons. The van der Waals surface area contributed by atoms with Crippen molar-refractivity contribution < 1.29 is 0 Å². The van der Waals surface area contributed by atoms with Crippen LogP contribution in [-0.4, -0.2) is 22.8 Å². The van der Waals surface area contributed by atoms with Crippen LogP contribution in [0.15, 0.2) is 5.51 Å². The minimum atomic E-state index is 0.512. The Bertz CT molecular complexity index is 198. The molecule has 0 aliphatic heterocycles. The van der Waals surface area contributed by atoms with E-state index in [1.165, 1.54) is 6.42 Å². The lowest BCUT2D eigenvalue weighted by atomic mass is 10.2. The summed E-state index contributed by atoms with van der Waals surface area (Å²) >= 11 is 1.62. The van der Waals surface area contributed by atoms with Crippen molar-refractivity contribution in [3.8, 4) is 0 Å². The Labute approximate surface area is 77.2 Å². The van der Waals surface area contributed by atoms with Gasteiger partial charge in [0.05, 0.1) is 0 Å².